The van der Waals surface area contributed by atoms with Gasteiger partial charge in [0.2, 0.25) is 0 Å². The van der Waals surface area contributed by atoms with Crippen molar-refractivity contribution in [1.29, 1.82) is 0 Å². The fourth-order valence-corrected chi connectivity index (χ4v) is 9.46. The van der Waals surface area contributed by atoms with Gasteiger partial charge in [-0.15, -0.1) is 0 Å². The zero-order chi connectivity index (χ0) is 35.0. The summed E-state index contributed by atoms with van der Waals surface area (Å²) in [6, 6.07) is 13.9. The lowest BCUT2D eigenvalue weighted by atomic mass is 9.56. The minimum Gasteiger partial charge on any atom is -0.461 e. The van der Waals surface area contributed by atoms with Crippen LogP contribution in [0.2, 0.25) is 0 Å². The van der Waals surface area contributed by atoms with Crippen LogP contribution in [0.15, 0.2) is 107 Å². The molecular formula is C45H54N4O2. The molecule has 0 fully saturated rings. The molecule has 0 radical (unpaired) electrons. The van der Waals surface area contributed by atoms with Crippen LogP contribution in [-0.2, 0) is 5.41 Å². The van der Waals surface area contributed by atoms with Crippen molar-refractivity contribution in [3.05, 3.63) is 124 Å². The Kier molecular flexibility index (Phi) is 9.65. The van der Waals surface area contributed by atoms with Crippen molar-refractivity contribution >= 4 is 11.4 Å². The zero-order valence-corrected chi connectivity index (χ0v) is 30.4. The maximum atomic E-state index is 7.12. The van der Waals surface area contributed by atoms with Crippen molar-refractivity contribution in [2.24, 2.45) is 28.3 Å². The lowest BCUT2D eigenvalue weighted by molar-refractivity contribution is 0.244. The van der Waals surface area contributed by atoms with E-state index >= 15 is 0 Å². The van der Waals surface area contributed by atoms with Gasteiger partial charge in [-0.05, 0) is 106 Å². The van der Waals surface area contributed by atoms with Gasteiger partial charge >= 0.3 is 0 Å². The van der Waals surface area contributed by atoms with Crippen molar-refractivity contribution in [3.63, 3.8) is 0 Å². The second-order valence-corrected chi connectivity index (χ2v) is 15.2. The predicted molar refractivity (Wildman–Crippen MR) is 209 cm³/mol. The first-order valence-corrected chi connectivity index (χ1v) is 19.6. The van der Waals surface area contributed by atoms with Crippen LogP contribution in [-0.4, -0.2) is 30.9 Å². The summed E-state index contributed by atoms with van der Waals surface area (Å²) in [6.45, 7) is 6.06. The molecule has 0 aromatic heterocycles. The van der Waals surface area contributed by atoms with Crippen molar-refractivity contribution in [3.8, 4) is 11.5 Å². The SMILES string of the molecule is C/C=C\CC(N)C1CCC2=C(C1)Oc1cc(C3=NCCC=C3)ccc1C21C2=C(CC(C(N)/C=C\CC)CC2)Oc2cc(C3=CCCCN3)ccc21. The Balaban J connectivity index is 1.33. The van der Waals surface area contributed by atoms with Crippen molar-refractivity contribution in [2.75, 3.05) is 13.1 Å². The minimum atomic E-state index is -0.478. The Morgan fingerprint density at radius 1 is 0.922 bits per heavy atom. The van der Waals surface area contributed by atoms with E-state index in [0.717, 1.165) is 118 Å². The third-order valence-electron chi connectivity index (χ3n) is 12.1. The number of hydrogen-bond donors (Lipinski definition) is 3. The van der Waals surface area contributed by atoms with Gasteiger partial charge in [0, 0.05) is 66.0 Å². The smallest absolute Gasteiger partial charge is 0.132 e. The van der Waals surface area contributed by atoms with Gasteiger partial charge in [0.1, 0.15) is 23.0 Å². The molecule has 1 spiro atoms. The highest BCUT2D eigenvalue weighted by Gasteiger charge is 2.54. The van der Waals surface area contributed by atoms with Crippen LogP contribution in [0.3, 0.4) is 0 Å². The van der Waals surface area contributed by atoms with Gasteiger partial charge in [-0.1, -0.05) is 67.6 Å². The fourth-order valence-electron chi connectivity index (χ4n) is 9.46. The zero-order valence-electron chi connectivity index (χ0n) is 30.4. The highest BCUT2D eigenvalue weighted by atomic mass is 16.5. The number of nitrogens with zero attached hydrogens (tertiary/aromatic N) is 1. The highest BCUT2D eigenvalue weighted by molar-refractivity contribution is 6.09. The molecule has 8 rings (SSSR count). The van der Waals surface area contributed by atoms with Crippen LogP contribution in [0.4, 0.5) is 0 Å². The monoisotopic (exact) mass is 682 g/mol. The van der Waals surface area contributed by atoms with E-state index in [1.165, 1.54) is 33.5 Å². The summed E-state index contributed by atoms with van der Waals surface area (Å²) in [5, 5.41) is 3.65. The first-order valence-electron chi connectivity index (χ1n) is 19.6. The first-order chi connectivity index (χ1) is 25.0. The Morgan fingerprint density at radius 3 is 2.29 bits per heavy atom. The first kappa shape index (κ1) is 34.0. The molecule has 4 aliphatic heterocycles. The topological polar surface area (TPSA) is 94.9 Å². The van der Waals surface area contributed by atoms with E-state index in [1.807, 2.05) is 0 Å². The van der Waals surface area contributed by atoms with E-state index in [-0.39, 0.29) is 12.1 Å². The van der Waals surface area contributed by atoms with Crippen LogP contribution in [0.25, 0.3) is 5.70 Å². The van der Waals surface area contributed by atoms with Crippen molar-refractivity contribution in [2.45, 2.75) is 102 Å². The van der Waals surface area contributed by atoms with Gasteiger partial charge in [-0.3, -0.25) is 4.99 Å². The quantitative estimate of drug-likeness (QED) is 0.242. The van der Waals surface area contributed by atoms with Crippen LogP contribution in [0.1, 0.15) is 107 Å². The molecule has 0 amide bonds. The molecule has 2 aliphatic carbocycles. The summed E-state index contributed by atoms with van der Waals surface area (Å²) in [5.74, 6) is 4.75. The Bertz CT molecular complexity index is 1890. The third kappa shape index (κ3) is 6.14. The maximum absolute atomic E-state index is 7.12. The number of fused-ring (bicyclic) bond motifs is 6. The van der Waals surface area contributed by atoms with E-state index in [9.17, 15) is 0 Å². The molecule has 6 heteroatoms. The number of hydrogen-bond acceptors (Lipinski definition) is 6. The van der Waals surface area contributed by atoms with E-state index in [4.69, 9.17) is 25.9 Å². The van der Waals surface area contributed by atoms with Crippen LogP contribution < -0.4 is 26.3 Å². The van der Waals surface area contributed by atoms with Crippen molar-refractivity contribution < 1.29 is 9.47 Å². The van der Waals surface area contributed by atoms with Crippen LogP contribution in [0, 0.1) is 11.8 Å². The number of benzene rings is 2. The summed E-state index contributed by atoms with van der Waals surface area (Å²) >= 11 is 0. The largest absolute Gasteiger partial charge is 0.461 e. The molecule has 5 atom stereocenters. The van der Waals surface area contributed by atoms with Gasteiger partial charge in [-0.25, -0.2) is 0 Å². The molecule has 6 aliphatic rings. The van der Waals surface area contributed by atoms with Crippen LogP contribution >= 0.6 is 0 Å². The third-order valence-corrected chi connectivity index (χ3v) is 12.1. The summed E-state index contributed by atoms with van der Waals surface area (Å²) in [6.07, 6.45) is 26.1. The lowest BCUT2D eigenvalue weighted by Crippen LogP contribution is -2.45. The predicted octanol–water partition coefficient (Wildman–Crippen LogP) is 8.93. The number of allylic oxidation sites excluding steroid dienone is 8. The molecular weight excluding hydrogens is 629 g/mol. The molecule has 4 heterocycles. The summed E-state index contributed by atoms with van der Waals surface area (Å²) in [5.41, 5.74) is 23.0. The van der Waals surface area contributed by atoms with Gasteiger partial charge in [-0.2, -0.15) is 0 Å². The molecule has 0 saturated heterocycles. The van der Waals surface area contributed by atoms with Gasteiger partial charge < -0.3 is 26.3 Å². The fraction of sp³-hybridized carbons (Fsp3) is 0.444. The Hall–Kier alpha value is -4.13. The average molecular weight is 683 g/mol. The van der Waals surface area contributed by atoms with E-state index in [0.29, 0.717) is 11.8 Å². The molecule has 2 aromatic rings. The summed E-state index contributed by atoms with van der Waals surface area (Å²) < 4.78 is 14.2. The molecule has 5 unspecified atom stereocenters. The second kappa shape index (κ2) is 14.5. The number of ether oxygens (including phenoxy) is 2. The molecule has 0 bridgehead atoms. The number of dihydropyridines is 1. The minimum absolute atomic E-state index is 0.000560. The number of nitrogens with one attached hydrogen (secondary N) is 1. The maximum Gasteiger partial charge on any atom is 0.132 e. The molecule has 51 heavy (non-hydrogen) atoms. The number of nitrogens with two attached hydrogens (primary N) is 2. The summed E-state index contributed by atoms with van der Waals surface area (Å²) in [7, 11) is 0. The van der Waals surface area contributed by atoms with E-state index < -0.39 is 5.41 Å². The highest BCUT2D eigenvalue weighted by Crippen LogP contribution is 2.63. The van der Waals surface area contributed by atoms with Crippen molar-refractivity contribution in [1.82, 2.24) is 5.32 Å². The molecule has 5 N–H and O–H groups in total. The Morgan fingerprint density at radius 2 is 1.63 bits per heavy atom. The molecule has 2 aromatic carbocycles. The summed E-state index contributed by atoms with van der Waals surface area (Å²) in [4.78, 5) is 4.88. The number of aliphatic imine (C=N–C) groups is 1. The molecule has 0 saturated carbocycles. The average Bonchev–Trinajstić information content (AvgIpc) is 3.18. The van der Waals surface area contributed by atoms with Gasteiger partial charge in [0.15, 0.2) is 0 Å². The van der Waals surface area contributed by atoms with E-state index in [2.05, 4.69) is 98.1 Å². The normalized spacial score (nSPS) is 26.7. The second-order valence-electron chi connectivity index (χ2n) is 15.2. The Labute approximate surface area is 304 Å². The van der Waals surface area contributed by atoms with E-state index in [1.54, 1.807) is 0 Å². The standard InChI is InChI=1S/C45H54N4O2/c1-3-5-11-37(46)29-15-19-33-41(25-29)50-43-27-31(39-13-7-9-23-48-39)17-21-35(43)45(33)34-20-16-30(38(47)12-6-4-2)26-42(34)51-44-28-32(18-22-36(44)45)40-14-8-10-24-49-40/h3,5-7,12-14,17-18,21-22,27-30,37-38,49H,4,8-11,15-16,19-20,23-26,46-47H2,1-2H3/b5-3-,12-6-. The lowest BCUT2D eigenvalue weighted by Gasteiger charge is -2.51. The van der Waals surface area contributed by atoms with Crippen LogP contribution in [0.5, 0.6) is 11.5 Å². The molecule has 266 valence electrons. The number of rotatable bonds is 8. The van der Waals surface area contributed by atoms with Gasteiger partial charge in [0.25, 0.3) is 0 Å². The van der Waals surface area contributed by atoms with Gasteiger partial charge in [0.05, 0.1) is 11.1 Å². The molecule has 6 nitrogen and oxygen atoms in total.